The van der Waals surface area contributed by atoms with E-state index in [2.05, 4.69) is 20.1 Å². The van der Waals surface area contributed by atoms with E-state index in [9.17, 15) is 0 Å². The molecule has 9 nitrogen and oxygen atoms in total. The Morgan fingerprint density at radius 1 is 1.12 bits per heavy atom. The van der Waals surface area contributed by atoms with Crippen molar-refractivity contribution in [2.45, 2.75) is 0 Å². The maximum Gasteiger partial charge on any atom is 0.328 e. The molecule has 4 rings (SSSR count). The summed E-state index contributed by atoms with van der Waals surface area (Å²) in [6.07, 6.45) is 1.52. The van der Waals surface area contributed by atoms with Gasteiger partial charge in [0.25, 0.3) is 5.78 Å². The Morgan fingerprint density at radius 2 is 2.00 bits per heavy atom. The minimum absolute atomic E-state index is 0.0268. The van der Waals surface area contributed by atoms with Gasteiger partial charge in [0.1, 0.15) is 11.8 Å². The van der Waals surface area contributed by atoms with Crippen LogP contribution in [0.4, 0.5) is 5.95 Å². The summed E-state index contributed by atoms with van der Waals surface area (Å²) >= 11 is 0. The third-order valence-electron chi connectivity index (χ3n) is 3.16. The van der Waals surface area contributed by atoms with Crippen LogP contribution in [-0.4, -0.2) is 24.6 Å². The Labute approximate surface area is 135 Å². The second-order valence-corrected chi connectivity index (χ2v) is 4.70. The van der Waals surface area contributed by atoms with E-state index in [0.29, 0.717) is 22.9 Å². The predicted octanol–water partition coefficient (Wildman–Crippen LogP) is 2.03. The quantitative estimate of drug-likeness (QED) is 0.607. The van der Waals surface area contributed by atoms with Crippen LogP contribution in [0, 0.1) is 11.3 Å². The fourth-order valence-electron chi connectivity index (χ4n) is 2.09. The Bertz CT molecular complexity index is 1060. The highest BCUT2D eigenvalue weighted by Gasteiger charge is 2.15. The number of furan rings is 1. The summed E-state index contributed by atoms with van der Waals surface area (Å²) in [4.78, 5) is 12.4. The zero-order valence-electron chi connectivity index (χ0n) is 12.1. The van der Waals surface area contributed by atoms with E-state index in [1.807, 2.05) is 6.07 Å². The molecule has 0 atom stereocenters. The topological polar surface area (TPSA) is 128 Å². The van der Waals surface area contributed by atoms with Crippen LogP contribution >= 0.6 is 0 Å². The molecule has 0 radical (unpaired) electrons. The molecule has 0 fully saturated rings. The predicted molar refractivity (Wildman–Crippen MR) is 81.9 cm³/mol. The van der Waals surface area contributed by atoms with Crippen LogP contribution in [0.1, 0.15) is 5.56 Å². The number of nitrogens with two attached hydrogens (primary N) is 1. The molecule has 0 spiro atoms. The van der Waals surface area contributed by atoms with Crippen molar-refractivity contribution >= 4 is 11.7 Å². The molecular formula is C15H9N7O2. The van der Waals surface area contributed by atoms with Gasteiger partial charge in [-0.05, 0) is 24.3 Å². The molecule has 0 bridgehead atoms. The van der Waals surface area contributed by atoms with Crippen LogP contribution in [-0.2, 0) is 0 Å². The molecule has 4 aromatic rings. The first-order valence-corrected chi connectivity index (χ1v) is 6.86. The average molecular weight is 319 g/mol. The molecule has 0 amide bonds. The van der Waals surface area contributed by atoms with Gasteiger partial charge in [-0.15, -0.1) is 5.10 Å². The standard InChI is InChI=1S/C15H9N7O2/c16-8-9-4-1-2-5-10(9)24-15-19-13(17)22-14(20-15)18-12(21-22)11-6-3-7-23-11/h1-7H,(H2,17,18,19,20,21). The van der Waals surface area contributed by atoms with E-state index in [1.165, 1.54) is 10.8 Å². The van der Waals surface area contributed by atoms with Crippen LogP contribution in [0.15, 0.2) is 47.1 Å². The molecule has 9 heteroatoms. The van der Waals surface area contributed by atoms with Crippen LogP contribution in [0.25, 0.3) is 17.4 Å². The van der Waals surface area contributed by atoms with Crippen molar-refractivity contribution in [3.8, 4) is 29.4 Å². The maximum absolute atomic E-state index is 9.10. The number of para-hydroxylation sites is 1. The molecule has 2 N–H and O–H groups in total. The van der Waals surface area contributed by atoms with Crippen LogP contribution < -0.4 is 10.5 Å². The zero-order chi connectivity index (χ0) is 16.5. The number of rotatable bonds is 3. The number of benzene rings is 1. The number of nitrogen functional groups attached to an aromatic ring is 1. The number of fused-ring (bicyclic) bond motifs is 1. The molecule has 0 aliphatic heterocycles. The first-order valence-electron chi connectivity index (χ1n) is 6.86. The van der Waals surface area contributed by atoms with Gasteiger partial charge in [0, 0.05) is 0 Å². The zero-order valence-corrected chi connectivity index (χ0v) is 12.1. The number of ether oxygens (including phenoxy) is 1. The molecule has 3 aromatic heterocycles. The monoisotopic (exact) mass is 319 g/mol. The maximum atomic E-state index is 9.10. The van der Waals surface area contributed by atoms with Gasteiger partial charge in [-0.2, -0.15) is 24.7 Å². The minimum atomic E-state index is -0.0268. The van der Waals surface area contributed by atoms with Crippen molar-refractivity contribution in [2.75, 3.05) is 5.73 Å². The van der Waals surface area contributed by atoms with Gasteiger partial charge in [-0.1, -0.05) is 12.1 Å². The normalized spacial score (nSPS) is 10.6. The number of nitriles is 1. The highest BCUT2D eigenvalue weighted by Crippen LogP contribution is 2.23. The van der Waals surface area contributed by atoms with E-state index in [4.69, 9.17) is 20.1 Å². The van der Waals surface area contributed by atoms with Gasteiger partial charge >= 0.3 is 6.01 Å². The molecule has 3 heterocycles. The Balaban J connectivity index is 1.76. The summed E-state index contributed by atoms with van der Waals surface area (Å²) < 4.78 is 12.1. The van der Waals surface area contributed by atoms with E-state index < -0.39 is 0 Å². The molecular weight excluding hydrogens is 310 g/mol. The molecule has 1 aromatic carbocycles. The number of nitrogens with zero attached hydrogens (tertiary/aromatic N) is 6. The number of hydrogen-bond donors (Lipinski definition) is 1. The highest BCUT2D eigenvalue weighted by atomic mass is 16.5. The fraction of sp³-hybridized carbons (Fsp3) is 0. The third kappa shape index (κ3) is 2.28. The molecule has 0 unspecified atom stereocenters. The minimum Gasteiger partial charge on any atom is -0.461 e. The van der Waals surface area contributed by atoms with Crippen molar-refractivity contribution in [1.82, 2.24) is 24.6 Å². The Hall–Kier alpha value is -3.93. The highest BCUT2D eigenvalue weighted by molar-refractivity contribution is 5.51. The van der Waals surface area contributed by atoms with Gasteiger partial charge in [0.2, 0.25) is 11.8 Å². The van der Waals surface area contributed by atoms with Gasteiger partial charge in [-0.25, -0.2) is 0 Å². The van der Waals surface area contributed by atoms with Crippen LogP contribution in [0.5, 0.6) is 11.8 Å². The summed E-state index contributed by atoms with van der Waals surface area (Å²) in [7, 11) is 0. The fourth-order valence-corrected chi connectivity index (χ4v) is 2.09. The lowest BCUT2D eigenvalue weighted by Gasteiger charge is -2.05. The summed E-state index contributed by atoms with van der Waals surface area (Å²) in [6, 6.07) is 12.2. The largest absolute Gasteiger partial charge is 0.461 e. The van der Waals surface area contributed by atoms with E-state index in [-0.39, 0.29) is 17.7 Å². The van der Waals surface area contributed by atoms with E-state index >= 15 is 0 Å². The van der Waals surface area contributed by atoms with Crippen molar-refractivity contribution in [3.05, 3.63) is 48.2 Å². The van der Waals surface area contributed by atoms with Crippen molar-refractivity contribution in [3.63, 3.8) is 0 Å². The SMILES string of the molecule is N#Cc1ccccc1Oc1nc(N)n2nc(-c3ccco3)nc2n1. The number of anilines is 1. The molecule has 0 saturated carbocycles. The van der Waals surface area contributed by atoms with Crippen LogP contribution in [0.3, 0.4) is 0 Å². The summed E-state index contributed by atoms with van der Waals surface area (Å²) in [5.74, 6) is 1.40. The van der Waals surface area contributed by atoms with Gasteiger partial charge in [0.15, 0.2) is 5.76 Å². The molecule has 0 saturated heterocycles. The Kier molecular flexibility index (Phi) is 3.07. The van der Waals surface area contributed by atoms with E-state index in [1.54, 1.807) is 36.4 Å². The molecule has 0 aliphatic carbocycles. The first kappa shape index (κ1) is 13.7. The van der Waals surface area contributed by atoms with Gasteiger partial charge in [0.05, 0.1) is 11.8 Å². The smallest absolute Gasteiger partial charge is 0.328 e. The van der Waals surface area contributed by atoms with Crippen molar-refractivity contribution in [1.29, 1.82) is 5.26 Å². The Morgan fingerprint density at radius 3 is 2.79 bits per heavy atom. The lowest BCUT2D eigenvalue weighted by Crippen LogP contribution is -2.05. The molecule has 24 heavy (non-hydrogen) atoms. The van der Waals surface area contributed by atoms with Crippen molar-refractivity contribution < 1.29 is 9.15 Å². The lowest BCUT2D eigenvalue weighted by atomic mass is 10.2. The number of aromatic nitrogens is 5. The lowest BCUT2D eigenvalue weighted by molar-refractivity contribution is 0.440. The van der Waals surface area contributed by atoms with E-state index in [0.717, 1.165) is 0 Å². The van der Waals surface area contributed by atoms with Gasteiger partial charge < -0.3 is 14.9 Å². The van der Waals surface area contributed by atoms with Crippen LogP contribution in [0.2, 0.25) is 0 Å². The molecule has 0 aliphatic rings. The van der Waals surface area contributed by atoms with Crippen molar-refractivity contribution in [2.24, 2.45) is 0 Å². The summed E-state index contributed by atoms with van der Waals surface area (Å²) in [5.41, 5.74) is 6.24. The average Bonchev–Trinajstić information content (AvgIpc) is 3.24. The summed E-state index contributed by atoms with van der Waals surface area (Å²) in [5, 5.41) is 13.3. The molecule has 116 valence electrons. The number of hydrogen-bond acceptors (Lipinski definition) is 8. The summed E-state index contributed by atoms with van der Waals surface area (Å²) in [6.45, 7) is 0. The van der Waals surface area contributed by atoms with Gasteiger partial charge in [-0.3, -0.25) is 0 Å². The second-order valence-electron chi connectivity index (χ2n) is 4.70. The third-order valence-corrected chi connectivity index (χ3v) is 3.16. The first-order chi connectivity index (χ1) is 11.7. The second kappa shape index (κ2) is 5.36.